The van der Waals surface area contributed by atoms with E-state index in [9.17, 15) is 14.7 Å². The first-order valence-corrected chi connectivity index (χ1v) is 6.92. The lowest BCUT2D eigenvalue weighted by atomic mass is 10.1. The lowest BCUT2D eigenvalue weighted by Gasteiger charge is -2.12. The topological polar surface area (TPSA) is 92.7 Å². The van der Waals surface area contributed by atoms with Gasteiger partial charge in [-0.15, -0.1) is 0 Å². The van der Waals surface area contributed by atoms with Gasteiger partial charge in [0.15, 0.2) is 5.76 Å². The fourth-order valence-electron chi connectivity index (χ4n) is 2.46. The summed E-state index contributed by atoms with van der Waals surface area (Å²) in [7, 11) is 0. The Morgan fingerprint density at radius 3 is 2.74 bits per heavy atom. The molecule has 2 aromatic heterocycles. The highest BCUT2D eigenvalue weighted by Gasteiger charge is 2.20. The SMILES string of the molecule is Cc1cc(C)c2oc(-c3ccco3)c(OCC(=O)[O-])c(=O)c2c1. The Morgan fingerprint density at radius 2 is 2.09 bits per heavy atom. The molecule has 0 amide bonds. The second-order valence-corrected chi connectivity index (χ2v) is 5.19. The molecule has 0 saturated heterocycles. The van der Waals surface area contributed by atoms with Gasteiger partial charge in [-0.2, -0.15) is 0 Å². The minimum absolute atomic E-state index is 0.0562. The maximum atomic E-state index is 12.7. The molecule has 0 unspecified atom stereocenters. The van der Waals surface area contributed by atoms with Crippen molar-refractivity contribution in [2.24, 2.45) is 0 Å². The number of hydrogen-bond acceptors (Lipinski definition) is 6. The van der Waals surface area contributed by atoms with Gasteiger partial charge in [-0.05, 0) is 43.2 Å². The first-order valence-electron chi connectivity index (χ1n) is 6.92. The molecule has 0 aliphatic rings. The van der Waals surface area contributed by atoms with Crippen LogP contribution in [0.2, 0.25) is 0 Å². The van der Waals surface area contributed by atoms with E-state index in [2.05, 4.69) is 0 Å². The summed E-state index contributed by atoms with van der Waals surface area (Å²) in [6.07, 6.45) is 1.42. The van der Waals surface area contributed by atoms with E-state index in [1.165, 1.54) is 6.26 Å². The van der Waals surface area contributed by atoms with Crippen molar-refractivity contribution in [2.45, 2.75) is 13.8 Å². The number of ether oxygens (including phenoxy) is 1. The average molecular weight is 313 g/mol. The summed E-state index contributed by atoms with van der Waals surface area (Å²) < 4.78 is 16.2. The molecule has 23 heavy (non-hydrogen) atoms. The van der Waals surface area contributed by atoms with E-state index < -0.39 is 18.0 Å². The molecule has 0 aliphatic heterocycles. The number of hydrogen-bond donors (Lipinski definition) is 0. The van der Waals surface area contributed by atoms with Crippen molar-refractivity contribution in [3.63, 3.8) is 0 Å². The molecule has 0 fully saturated rings. The number of carbonyl (C=O) groups excluding carboxylic acids is 1. The van der Waals surface area contributed by atoms with Crippen LogP contribution in [-0.2, 0) is 4.79 Å². The number of aryl methyl sites for hydroxylation is 2. The number of carboxylic acid groups (broad SMARTS) is 1. The van der Waals surface area contributed by atoms with Gasteiger partial charge in [0.25, 0.3) is 0 Å². The second-order valence-electron chi connectivity index (χ2n) is 5.19. The van der Waals surface area contributed by atoms with Crippen LogP contribution in [0.4, 0.5) is 0 Å². The Hall–Kier alpha value is -3.02. The van der Waals surface area contributed by atoms with Crippen LogP contribution in [0.3, 0.4) is 0 Å². The van der Waals surface area contributed by atoms with Gasteiger partial charge in [-0.3, -0.25) is 4.79 Å². The summed E-state index contributed by atoms with van der Waals surface area (Å²) in [4.78, 5) is 23.4. The highest BCUT2D eigenvalue weighted by molar-refractivity contribution is 5.84. The van der Waals surface area contributed by atoms with Crippen LogP contribution in [0.15, 0.2) is 44.2 Å². The van der Waals surface area contributed by atoms with Gasteiger partial charge in [0.2, 0.25) is 16.9 Å². The van der Waals surface area contributed by atoms with Gasteiger partial charge in [-0.25, -0.2) is 0 Å². The van der Waals surface area contributed by atoms with Crippen LogP contribution >= 0.6 is 0 Å². The van der Waals surface area contributed by atoms with Crippen molar-refractivity contribution in [2.75, 3.05) is 6.61 Å². The highest BCUT2D eigenvalue weighted by Crippen LogP contribution is 2.32. The molecule has 0 saturated carbocycles. The summed E-state index contributed by atoms with van der Waals surface area (Å²) >= 11 is 0. The third-order valence-electron chi connectivity index (χ3n) is 3.36. The molecule has 0 bridgehead atoms. The lowest BCUT2D eigenvalue weighted by Crippen LogP contribution is -2.30. The Kier molecular flexibility index (Phi) is 3.65. The number of carbonyl (C=O) groups is 1. The molecule has 0 N–H and O–H groups in total. The van der Waals surface area contributed by atoms with Crippen molar-refractivity contribution in [3.05, 3.63) is 51.9 Å². The zero-order chi connectivity index (χ0) is 16.6. The lowest BCUT2D eigenvalue weighted by molar-refractivity contribution is -0.307. The van der Waals surface area contributed by atoms with Gasteiger partial charge in [-0.1, -0.05) is 6.07 Å². The van der Waals surface area contributed by atoms with Crippen LogP contribution in [0.1, 0.15) is 11.1 Å². The summed E-state index contributed by atoms with van der Waals surface area (Å²) in [5.74, 6) is -1.31. The Labute approximate surface area is 130 Å². The minimum Gasteiger partial charge on any atom is -0.546 e. The van der Waals surface area contributed by atoms with E-state index in [4.69, 9.17) is 13.6 Å². The predicted molar refractivity (Wildman–Crippen MR) is 80.2 cm³/mol. The van der Waals surface area contributed by atoms with Crippen LogP contribution in [0.25, 0.3) is 22.5 Å². The quantitative estimate of drug-likeness (QED) is 0.729. The molecule has 6 nitrogen and oxygen atoms in total. The van der Waals surface area contributed by atoms with E-state index in [0.29, 0.717) is 11.0 Å². The Bertz CT molecular complexity index is 934. The zero-order valence-corrected chi connectivity index (χ0v) is 12.5. The molecular formula is C17H13O6-. The van der Waals surface area contributed by atoms with E-state index >= 15 is 0 Å². The van der Waals surface area contributed by atoms with Gasteiger partial charge >= 0.3 is 0 Å². The van der Waals surface area contributed by atoms with Crippen molar-refractivity contribution < 1.29 is 23.5 Å². The fourth-order valence-corrected chi connectivity index (χ4v) is 2.46. The normalized spacial score (nSPS) is 10.9. The molecule has 3 aromatic rings. The molecule has 6 heteroatoms. The zero-order valence-electron chi connectivity index (χ0n) is 12.5. The summed E-state index contributed by atoms with van der Waals surface area (Å²) in [5, 5.41) is 11.0. The number of rotatable bonds is 4. The first-order chi connectivity index (χ1) is 11.0. The van der Waals surface area contributed by atoms with Crippen molar-refractivity contribution in [1.29, 1.82) is 0 Å². The van der Waals surface area contributed by atoms with Crippen molar-refractivity contribution >= 4 is 16.9 Å². The summed E-state index contributed by atoms with van der Waals surface area (Å²) in [6.45, 7) is 2.93. The highest BCUT2D eigenvalue weighted by atomic mass is 16.5. The van der Waals surface area contributed by atoms with Crippen LogP contribution in [-0.4, -0.2) is 12.6 Å². The van der Waals surface area contributed by atoms with Gasteiger partial charge in [0.1, 0.15) is 12.2 Å². The molecule has 2 heterocycles. The van der Waals surface area contributed by atoms with E-state index in [1.54, 1.807) is 18.2 Å². The van der Waals surface area contributed by atoms with E-state index in [0.717, 1.165) is 11.1 Å². The van der Waals surface area contributed by atoms with E-state index in [1.807, 2.05) is 19.9 Å². The molecule has 0 spiro atoms. The maximum absolute atomic E-state index is 12.7. The molecule has 0 atom stereocenters. The molecule has 0 radical (unpaired) electrons. The summed E-state index contributed by atoms with van der Waals surface area (Å²) in [6, 6.07) is 6.79. The Morgan fingerprint density at radius 1 is 1.30 bits per heavy atom. The number of benzene rings is 1. The monoisotopic (exact) mass is 313 g/mol. The first kappa shape index (κ1) is 14.9. The van der Waals surface area contributed by atoms with Crippen LogP contribution < -0.4 is 15.3 Å². The number of fused-ring (bicyclic) bond motifs is 1. The average Bonchev–Trinajstić information content (AvgIpc) is 3.00. The minimum atomic E-state index is -1.43. The van der Waals surface area contributed by atoms with Crippen LogP contribution in [0.5, 0.6) is 5.75 Å². The largest absolute Gasteiger partial charge is 0.546 e. The third kappa shape index (κ3) is 2.70. The molecule has 118 valence electrons. The van der Waals surface area contributed by atoms with Gasteiger partial charge in [0.05, 0.1) is 17.6 Å². The number of furan rings is 1. The smallest absolute Gasteiger partial charge is 0.235 e. The molecule has 3 rings (SSSR count). The van der Waals surface area contributed by atoms with E-state index in [-0.39, 0.29) is 17.3 Å². The van der Waals surface area contributed by atoms with Gasteiger partial charge in [0, 0.05) is 0 Å². The maximum Gasteiger partial charge on any atom is 0.235 e. The Balaban J connectivity index is 2.32. The molecular weight excluding hydrogens is 300 g/mol. The predicted octanol–water partition coefficient (Wildman–Crippen LogP) is 1.80. The standard InChI is InChI=1S/C17H14O6/c1-9-6-10(2)15-11(7-9)14(20)17(22-8-13(18)19)16(23-15)12-4-3-5-21-12/h3-7H,8H2,1-2H3,(H,18,19)/p-1. The second kappa shape index (κ2) is 5.64. The van der Waals surface area contributed by atoms with Crippen molar-refractivity contribution in [3.8, 4) is 17.3 Å². The molecule has 0 aliphatic carbocycles. The molecule has 1 aromatic carbocycles. The van der Waals surface area contributed by atoms with Crippen molar-refractivity contribution in [1.82, 2.24) is 0 Å². The fraction of sp³-hybridized carbons (Fsp3) is 0.176. The third-order valence-corrected chi connectivity index (χ3v) is 3.36. The van der Waals surface area contributed by atoms with Crippen LogP contribution in [0, 0.1) is 13.8 Å². The number of carboxylic acids is 1. The summed E-state index contributed by atoms with van der Waals surface area (Å²) in [5.41, 5.74) is 1.63. The van der Waals surface area contributed by atoms with Gasteiger partial charge < -0.3 is 23.5 Å². The number of aliphatic carboxylic acids is 1.